The third-order valence-corrected chi connectivity index (χ3v) is 17.4. The second-order valence-electron chi connectivity index (χ2n) is 21.2. The molecule has 15 rings (SSSR count). The Balaban J connectivity index is 0.931. The van der Waals surface area contributed by atoms with Crippen molar-refractivity contribution in [3.05, 3.63) is 305 Å². The van der Waals surface area contributed by atoms with E-state index < -0.39 is 5.41 Å². The van der Waals surface area contributed by atoms with Gasteiger partial charge in [0, 0.05) is 27.9 Å². The van der Waals surface area contributed by atoms with Crippen LogP contribution in [0.25, 0.3) is 66.8 Å². The average Bonchev–Trinajstić information content (AvgIpc) is 4.10. The first-order valence-corrected chi connectivity index (χ1v) is 25.8. The first kappa shape index (κ1) is 42.0. The summed E-state index contributed by atoms with van der Waals surface area (Å²) in [5, 5.41) is 0. The van der Waals surface area contributed by atoms with E-state index in [1.165, 1.54) is 117 Å². The zero-order valence-electron chi connectivity index (χ0n) is 41.2. The van der Waals surface area contributed by atoms with Crippen molar-refractivity contribution in [1.29, 1.82) is 0 Å². The second kappa shape index (κ2) is 15.4. The number of nitrogens with zero attached hydrogens (tertiary/aromatic N) is 1. The van der Waals surface area contributed by atoms with E-state index in [1.54, 1.807) is 0 Å². The smallest absolute Gasteiger partial charge is 0.0726 e. The molecule has 11 aromatic rings. The van der Waals surface area contributed by atoms with Crippen molar-refractivity contribution < 1.29 is 0 Å². The van der Waals surface area contributed by atoms with Crippen LogP contribution < -0.4 is 4.90 Å². The summed E-state index contributed by atoms with van der Waals surface area (Å²) in [6.07, 6.45) is 0. The molecule has 0 fully saturated rings. The molecule has 1 unspecified atom stereocenters. The average molecular weight is 930 g/mol. The summed E-state index contributed by atoms with van der Waals surface area (Å²) in [6, 6.07) is 96.1. The molecule has 11 aromatic carbocycles. The minimum Gasteiger partial charge on any atom is -0.310 e. The Morgan fingerprint density at radius 1 is 0.260 bits per heavy atom. The molecule has 1 atom stereocenters. The number of hydrogen-bond donors (Lipinski definition) is 0. The molecule has 0 radical (unpaired) electrons. The monoisotopic (exact) mass is 929 g/mol. The van der Waals surface area contributed by atoms with Gasteiger partial charge >= 0.3 is 0 Å². The van der Waals surface area contributed by atoms with Crippen molar-refractivity contribution in [2.45, 2.75) is 37.0 Å². The summed E-state index contributed by atoms with van der Waals surface area (Å²) in [7, 11) is 0. The first-order chi connectivity index (χ1) is 35.9. The van der Waals surface area contributed by atoms with Crippen molar-refractivity contribution in [1.82, 2.24) is 0 Å². The van der Waals surface area contributed by atoms with E-state index in [0.29, 0.717) is 0 Å². The Kier molecular flexibility index (Phi) is 8.83. The summed E-state index contributed by atoms with van der Waals surface area (Å²) in [5.74, 6) is 0. The predicted octanol–water partition coefficient (Wildman–Crippen LogP) is 18.5. The Labute approximate surface area is 428 Å². The van der Waals surface area contributed by atoms with Crippen LogP contribution >= 0.6 is 0 Å². The number of anilines is 3. The zero-order chi connectivity index (χ0) is 48.6. The van der Waals surface area contributed by atoms with E-state index >= 15 is 0 Å². The number of benzene rings is 11. The summed E-state index contributed by atoms with van der Waals surface area (Å²) < 4.78 is 0. The molecule has 0 saturated carbocycles. The van der Waals surface area contributed by atoms with Gasteiger partial charge in [-0.15, -0.1) is 0 Å². The highest BCUT2D eigenvalue weighted by Gasteiger charge is 2.52. The van der Waals surface area contributed by atoms with Crippen molar-refractivity contribution in [2.24, 2.45) is 0 Å². The van der Waals surface area contributed by atoms with E-state index in [-0.39, 0.29) is 10.8 Å². The SMILES string of the molecule is CC1(C)c2ccccc2-c2cccc(-c3ccccc3-c3ccc(N(c4ccc5c(c4)C(C)(c4ccccc4)c4ccccc4-5)c4ccc5c(c4)C4(c6ccccc6-c6ccccc64)c4ccccc4-5)cc3)c21. The minimum absolute atomic E-state index is 0.133. The molecule has 1 nitrogen and oxygen atoms in total. The molecule has 73 heavy (non-hydrogen) atoms. The molecule has 1 spiro atoms. The Morgan fingerprint density at radius 3 is 1.22 bits per heavy atom. The van der Waals surface area contributed by atoms with Gasteiger partial charge in [0.05, 0.1) is 5.41 Å². The van der Waals surface area contributed by atoms with Crippen LogP contribution in [0.1, 0.15) is 70.8 Å². The normalized spacial score (nSPS) is 16.2. The third-order valence-electron chi connectivity index (χ3n) is 17.4. The molecule has 0 aliphatic heterocycles. The molecule has 1 heteroatoms. The molecule has 0 amide bonds. The lowest BCUT2D eigenvalue weighted by Crippen LogP contribution is -2.26. The molecular weight excluding hydrogens is 879 g/mol. The van der Waals surface area contributed by atoms with Gasteiger partial charge in [0.1, 0.15) is 0 Å². The van der Waals surface area contributed by atoms with Gasteiger partial charge in [-0.1, -0.05) is 232 Å². The van der Waals surface area contributed by atoms with Gasteiger partial charge in [-0.25, -0.2) is 0 Å². The van der Waals surface area contributed by atoms with Crippen LogP contribution in [0.2, 0.25) is 0 Å². The summed E-state index contributed by atoms with van der Waals surface area (Å²) in [5.41, 5.74) is 30.0. The quantitative estimate of drug-likeness (QED) is 0.161. The highest BCUT2D eigenvalue weighted by atomic mass is 15.1. The molecule has 4 aliphatic rings. The highest BCUT2D eigenvalue weighted by Crippen LogP contribution is 2.64. The van der Waals surface area contributed by atoms with E-state index in [4.69, 9.17) is 0 Å². The Hall–Kier alpha value is -8.78. The van der Waals surface area contributed by atoms with E-state index in [0.717, 1.165) is 17.1 Å². The fourth-order valence-corrected chi connectivity index (χ4v) is 14.2. The topological polar surface area (TPSA) is 3.24 Å². The van der Waals surface area contributed by atoms with Crippen LogP contribution in [0.4, 0.5) is 17.1 Å². The van der Waals surface area contributed by atoms with Gasteiger partial charge in [0.15, 0.2) is 0 Å². The maximum Gasteiger partial charge on any atom is 0.0726 e. The number of rotatable bonds is 6. The van der Waals surface area contributed by atoms with Crippen molar-refractivity contribution in [2.75, 3.05) is 4.90 Å². The molecular formula is C72H51N. The summed E-state index contributed by atoms with van der Waals surface area (Å²) >= 11 is 0. The maximum absolute atomic E-state index is 2.52. The number of hydrogen-bond acceptors (Lipinski definition) is 1. The fraction of sp³-hybridized carbons (Fsp3) is 0.0833. The minimum atomic E-state index is -0.465. The van der Waals surface area contributed by atoms with E-state index in [2.05, 4.69) is 280 Å². The summed E-state index contributed by atoms with van der Waals surface area (Å²) in [4.78, 5) is 2.51. The third kappa shape index (κ3) is 5.63. The molecule has 0 aromatic heterocycles. The fourth-order valence-electron chi connectivity index (χ4n) is 14.2. The van der Waals surface area contributed by atoms with Crippen LogP contribution in [-0.2, 0) is 16.2 Å². The molecule has 344 valence electrons. The van der Waals surface area contributed by atoms with Gasteiger partial charge in [0.25, 0.3) is 0 Å². The van der Waals surface area contributed by atoms with Gasteiger partial charge in [-0.05, 0) is 160 Å². The van der Waals surface area contributed by atoms with Crippen LogP contribution in [0, 0.1) is 0 Å². The standard InChI is InChI=1S/C72H51N/c1-70(2)62-31-14-9-28-57(62)61-30-19-29-60(69(61)70)52-23-8-7-22-51(52)46-36-38-48(39-37-46)73(49-40-42-58-53-24-10-15-32-63(53)71(3,67(58)44-49)47-20-5-4-6-21-47)50-41-43-59-56-27-13-18-35-66(56)72(68(59)45-50)64-33-16-11-25-54(64)55-26-12-17-34-65(55)72/h4-45H,1-3H3. The lowest BCUT2D eigenvalue weighted by molar-refractivity contribution is 0.662. The lowest BCUT2D eigenvalue weighted by atomic mass is 9.70. The van der Waals surface area contributed by atoms with Gasteiger partial charge < -0.3 is 4.90 Å². The summed E-state index contributed by atoms with van der Waals surface area (Å²) in [6.45, 7) is 7.19. The molecule has 0 saturated heterocycles. The molecule has 0 bridgehead atoms. The zero-order valence-corrected chi connectivity index (χ0v) is 41.2. The Morgan fingerprint density at radius 2 is 0.644 bits per heavy atom. The van der Waals surface area contributed by atoms with Crippen LogP contribution in [-0.4, -0.2) is 0 Å². The van der Waals surface area contributed by atoms with Crippen LogP contribution in [0.5, 0.6) is 0 Å². The van der Waals surface area contributed by atoms with Crippen molar-refractivity contribution in [3.63, 3.8) is 0 Å². The molecule has 0 N–H and O–H groups in total. The van der Waals surface area contributed by atoms with E-state index in [1.807, 2.05) is 0 Å². The van der Waals surface area contributed by atoms with Crippen LogP contribution in [0.15, 0.2) is 255 Å². The second-order valence-corrected chi connectivity index (χ2v) is 21.2. The van der Waals surface area contributed by atoms with Crippen molar-refractivity contribution in [3.8, 4) is 66.8 Å². The molecule has 0 heterocycles. The van der Waals surface area contributed by atoms with E-state index in [9.17, 15) is 0 Å². The largest absolute Gasteiger partial charge is 0.310 e. The Bertz CT molecular complexity index is 4020. The van der Waals surface area contributed by atoms with Crippen molar-refractivity contribution >= 4 is 17.1 Å². The van der Waals surface area contributed by atoms with Gasteiger partial charge in [-0.2, -0.15) is 0 Å². The predicted molar refractivity (Wildman–Crippen MR) is 303 cm³/mol. The number of fused-ring (bicyclic) bond motifs is 16. The highest BCUT2D eigenvalue weighted by molar-refractivity contribution is 5.98. The van der Waals surface area contributed by atoms with Gasteiger partial charge in [0.2, 0.25) is 0 Å². The lowest BCUT2D eigenvalue weighted by Gasteiger charge is -2.33. The first-order valence-electron chi connectivity index (χ1n) is 25.8. The van der Waals surface area contributed by atoms with Gasteiger partial charge in [-0.3, -0.25) is 0 Å². The molecule has 4 aliphatic carbocycles. The van der Waals surface area contributed by atoms with Crippen LogP contribution in [0.3, 0.4) is 0 Å². The maximum atomic E-state index is 2.52.